The summed E-state index contributed by atoms with van der Waals surface area (Å²) in [7, 11) is 1.36. The highest BCUT2D eigenvalue weighted by Crippen LogP contribution is 2.32. The molecule has 0 fully saturated rings. The van der Waals surface area contributed by atoms with Crippen molar-refractivity contribution in [1.82, 2.24) is 0 Å². The van der Waals surface area contributed by atoms with Crippen molar-refractivity contribution in [3.05, 3.63) is 34.4 Å². The average molecular weight is 247 g/mol. The number of nitrogens with zero attached hydrogens (tertiary/aromatic N) is 1. The second-order valence-corrected chi connectivity index (χ2v) is 4.59. The Morgan fingerprint density at radius 1 is 1.28 bits per heavy atom. The molecule has 0 saturated heterocycles. The zero-order valence-electron chi connectivity index (χ0n) is 11.1. The van der Waals surface area contributed by atoms with Crippen molar-refractivity contribution >= 4 is 12.4 Å². The van der Waals surface area contributed by atoms with Gasteiger partial charge in [-0.15, -0.1) is 0 Å². The fourth-order valence-electron chi connectivity index (χ4n) is 2.49. The monoisotopic (exact) mass is 247 g/mol. The van der Waals surface area contributed by atoms with E-state index in [0.717, 1.165) is 16.7 Å². The molecule has 1 aromatic rings. The number of carbonyl (C=O) groups excluding carboxylic acids is 1. The van der Waals surface area contributed by atoms with Crippen LogP contribution in [-0.2, 0) is 14.3 Å². The van der Waals surface area contributed by atoms with Gasteiger partial charge in [0.1, 0.15) is 0 Å². The number of rotatable bonds is 2. The number of carbonyl (C=O) groups is 1. The number of ether oxygens (including phenoxy) is 2. The third kappa shape index (κ3) is 2.10. The number of esters is 1. The minimum atomic E-state index is -0.602. The topological polar surface area (TPSA) is 47.9 Å². The molecule has 0 N–H and O–H groups in total. The SMILES string of the molecule is COC(=O)[C@@H]1N=CO[C@@H]1c1c(C)cc(C)cc1C. The second kappa shape index (κ2) is 4.80. The summed E-state index contributed by atoms with van der Waals surface area (Å²) < 4.78 is 10.2. The molecule has 1 heterocycles. The smallest absolute Gasteiger partial charge is 0.334 e. The van der Waals surface area contributed by atoms with Crippen LogP contribution >= 0.6 is 0 Å². The molecule has 2 atom stereocenters. The Morgan fingerprint density at radius 2 is 1.89 bits per heavy atom. The summed E-state index contributed by atoms with van der Waals surface area (Å²) in [5.41, 5.74) is 4.43. The van der Waals surface area contributed by atoms with Gasteiger partial charge in [0.25, 0.3) is 0 Å². The molecule has 0 saturated carbocycles. The van der Waals surface area contributed by atoms with E-state index in [4.69, 9.17) is 9.47 Å². The van der Waals surface area contributed by atoms with E-state index in [9.17, 15) is 4.79 Å². The number of methoxy groups -OCH3 is 1. The van der Waals surface area contributed by atoms with E-state index in [-0.39, 0.29) is 12.1 Å². The Bertz CT molecular complexity index is 485. The molecule has 2 rings (SSSR count). The fourth-order valence-corrected chi connectivity index (χ4v) is 2.49. The molecule has 0 aromatic heterocycles. The Labute approximate surface area is 107 Å². The number of aliphatic imine (C=N–C) groups is 1. The molecular weight excluding hydrogens is 230 g/mol. The molecule has 96 valence electrons. The fraction of sp³-hybridized carbons (Fsp3) is 0.429. The molecule has 0 bridgehead atoms. The number of benzene rings is 1. The quantitative estimate of drug-likeness (QED) is 0.753. The molecule has 1 aromatic carbocycles. The zero-order valence-corrected chi connectivity index (χ0v) is 11.1. The van der Waals surface area contributed by atoms with Crippen LogP contribution in [0.25, 0.3) is 0 Å². The van der Waals surface area contributed by atoms with E-state index in [1.54, 1.807) is 0 Å². The van der Waals surface area contributed by atoms with E-state index < -0.39 is 6.04 Å². The van der Waals surface area contributed by atoms with E-state index >= 15 is 0 Å². The first-order chi connectivity index (χ1) is 8.54. The van der Waals surface area contributed by atoms with E-state index in [1.165, 1.54) is 19.1 Å². The first-order valence-corrected chi connectivity index (χ1v) is 5.87. The second-order valence-electron chi connectivity index (χ2n) is 4.59. The number of hydrogen-bond donors (Lipinski definition) is 0. The first-order valence-electron chi connectivity index (χ1n) is 5.87. The van der Waals surface area contributed by atoms with Crippen molar-refractivity contribution in [2.75, 3.05) is 7.11 Å². The summed E-state index contributed by atoms with van der Waals surface area (Å²) in [6.45, 7) is 6.09. The summed E-state index contributed by atoms with van der Waals surface area (Å²) in [5.74, 6) is -0.367. The van der Waals surface area contributed by atoms with Crippen molar-refractivity contribution in [1.29, 1.82) is 0 Å². The Balaban J connectivity index is 2.40. The van der Waals surface area contributed by atoms with Gasteiger partial charge < -0.3 is 9.47 Å². The largest absolute Gasteiger partial charge is 0.473 e. The van der Waals surface area contributed by atoms with Crippen molar-refractivity contribution in [3.8, 4) is 0 Å². The molecule has 0 radical (unpaired) electrons. The zero-order chi connectivity index (χ0) is 13.3. The molecule has 4 nitrogen and oxygen atoms in total. The third-order valence-electron chi connectivity index (χ3n) is 3.18. The van der Waals surface area contributed by atoms with E-state index in [1.807, 2.05) is 20.8 Å². The van der Waals surface area contributed by atoms with Crippen LogP contribution in [0.4, 0.5) is 0 Å². The highest BCUT2D eigenvalue weighted by Gasteiger charge is 2.36. The van der Waals surface area contributed by atoms with Gasteiger partial charge in [0, 0.05) is 5.56 Å². The van der Waals surface area contributed by atoms with Crippen molar-refractivity contribution in [2.24, 2.45) is 4.99 Å². The molecule has 0 aliphatic carbocycles. The third-order valence-corrected chi connectivity index (χ3v) is 3.18. The minimum Gasteiger partial charge on any atom is -0.473 e. The van der Waals surface area contributed by atoms with Crippen LogP contribution in [0, 0.1) is 20.8 Å². The van der Waals surface area contributed by atoms with Crippen LogP contribution in [0.3, 0.4) is 0 Å². The van der Waals surface area contributed by atoms with Crippen molar-refractivity contribution in [3.63, 3.8) is 0 Å². The highest BCUT2D eigenvalue weighted by atomic mass is 16.5. The van der Waals surface area contributed by atoms with Gasteiger partial charge in [0.15, 0.2) is 18.5 Å². The average Bonchev–Trinajstić information content (AvgIpc) is 2.75. The lowest BCUT2D eigenvalue weighted by Gasteiger charge is -2.20. The molecule has 1 aliphatic heterocycles. The molecule has 4 heteroatoms. The lowest BCUT2D eigenvalue weighted by atomic mass is 9.92. The van der Waals surface area contributed by atoms with E-state index in [2.05, 4.69) is 17.1 Å². The number of aryl methyl sites for hydroxylation is 3. The van der Waals surface area contributed by atoms with Crippen LogP contribution in [0.15, 0.2) is 17.1 Å². The maximum atomic E-state index is 11.7. The predicted molar refractivity (Wildman–Crippen MR) is 68.8 cm³/mol. The summed E-state index contributed by atoms with van der Waals surface area (Å²) >= 11 is 0. The van der Waals surface area contributed by atoms with Gasteiger partial charge in [-0.1, -0.05) is 17.7 Å². The summed E-state index contributed by atoms with van der Waals surface area (Å²) in [6.07, 6.45) is 0.961. The molecule has 1 aliphatic rings. The van der Waals surface area contributed by atoms with Crippen LogP contribution < -0.4 is 0 Å². The minimum absolute atomic E-state index is 0.367. The van der Waals surface area contributed by atoms with Crippen molar-refractivity contribution < 1.29 is 14.3 Å². The lowest BCUT2D eigenvalue weighted by molar-refractivity contribution is -0.143. The first kappa shape index (κ1) is 12.6. The van der Waals surface area contributed by atoms with Gasteiger partial charge in [-0.05, 0) is 31.9 Å². The molecule has 0 unspecified atom stereocenters. The predicted octanol–water partition coefficient (Wildman–Crippen LogP) is 2.25. The van der Waals surface area contributed by atoms with Crippen LogP contribution in [0.2, 0.25) is 0 Å². The molecular formula is C14H17NO3. The normalized spacial score (nSPS) is 21.8. The van der Waals surface area contributed by atoms with Crippen LogP contribution in [0.1, 0.15) is 28.4 Å². The van der Waals surface area contributed by atoms with Crippen molar-refractivity contribution in [2.45, 2.75) is 32.9 Å². The summed E-state index contributed by atoms with van der Waals surface area (Å²) in [5, 5.41) is 0. The summed E-state index contributed by atoms with van der Waals surface area (Å²) in [6, 6.07) is 3.56. The number of hydrogen-bond acceptors (Lipinski definition) is 4. The summed E-state index contributed by atoms with van der Waals surface area (Å²) in [4.78, 5) is 15.7. The highest BCUT2D eigenvalue weighted by molar-refractivity contribution is 5.80. The Morgan fingerprint density at radius 3 is 2.44 bits per heavy atom. The van der Waals surface area contributed by atoms with Gasteiger partial charge in [0.05, 0.1) is 7.11 Å². The van der Waals surface area contributed by atoms with Gasteiger partial charge >= 0.3 is 5.97 Å². The molecule has 0 spiro atoms. The van der Waals surface area contributed by atoms with Gasteiger partial charge in [-0.3, -0.25) is 0 Å². The van der Waals surface area contributed by atoms with Crippen LogP contribution in [0.5, 0.6) is 0 Å². The molecule has 18 heavy (non-hydrogen) atoms. The lowest BCUT2D eigenvalue weighted by Crippen LogP contribution is -2.26. The Kier molecular flexibility index (Phi) is 3.36. The van der Waals surface area contributed by atoms with E-state index in [0.29, 0.717) is 0 Å². The van der Waals surface area contributed by atoms with Crippen LogP contribution in [-0.4, -0.2) is 25.5 Å². The molecule has 0 amide bonds. The maximum absolute atomic E-state index is 11.7. The van der Waals surface area contributed by atoms with Gasteiger partial charge in [0.2, 0.25) is 0 Å². The Hall–Kier alpha value is -1.84. The standard InChI is InChI=1S/C14H17NO3/c1-8-5-9(2)11(10(3)6-8)13-12(14(16)17-4)15-7-18-13/h5-7,12-13H,1-4H3/t12-,13-/m1/s1. The maximum Gasteiger partial charge on any atom is 0.334 e. The van der Waals surface area contributed by atoms with Gasteiger partial charge in [-0.25, -0.2) is 9.79 Å². The van der Waals surface area contributed by atoms with Gasteiger partial charge in [-0.2, -0.15) is 0 Å².